The highest BCUT2D eigenvalue weighted by atomic mass is 32.2. The molecule has 208 valence electrons. The number of esters is 1. The lowest BCUT2D eigenvalue weighted by atomic mass is 9.98. The van der Waals surface area contributed by atoms with Gasteiger partial charge in [-0.3, -0.25) is 4.79 Å². The molecule has 0 aliphatic heterocycles. The molecule has 0 aliphatic rings. The molecule has 3 nitrogen and oxygen atoms in total. The highest BCUT2D eigenvalue weighted by Gasteiger charge is 2.40. The molecule has 38 heavy (non-hydrogen) atoms. The lowest BCUT2D eigenvalue weighted by Gasteiger charge is -2.20. The van der Waals surface area contributed by atoms with Gasteiger partial charge in [-0.25, -0.2) is 0 Å². The number of carbonyl (C=O) groups is 1. The average molecular weight is 561 g/mol. The summed E-state index contributed by atoms with van der Waals surface area (Å²) in [7, 11) is 0. The zero-order valence-electron chi connectivity index (χ0n) is 21.3. The van der Waals surface area contributed by atoms with Gasteiger partial charge >= 0.3 is 18.3 Å². The van der Waals surface area contributed by atoms with Gasteiger partial charge in [-0.05, 0) is 48.7 Å². The van der Waals surface area contributed by atoms with E-state index in [1.807, 2.05) is 6.92 Å². The fourth-order valence-corrected chi connectivity index (χ4v) is 4.83. The van der Waals surface area contributed by atoms with E-state index in [9.17, 15) is 31.1 Å². The Hall–Kier alpha value is -2.62. The van der Waals surface area contributed by atoms with E-state index in [0.29, 0.717) is 22.3 Å². The number of thioether (sulfide) groups is 1. The number of ether oxygens (including phenoxy) is 1. The van der Waals surface area contributed by atoms with Crippen molar-refractivity contribution in [3.63, 3.8) is 0 Å². The highest BCUT2D eigenvalue weighted by Crippen LogP contribution is 2.40. The van der Waals surface area contributed by atoms with Crippen LogP contribution in [0.2, 0.25) is 0 Å². The predicted octanol–water partition coefficient (Wildman–Crippen LogP) is 9.32. The maximum absolute atomic E-state index is 13.9. The molecule has 0 fully saturated rings. The number of benzene rings is 2. The van der Waals surface area contributed by atoms with Crippen LogP contribution in [0.5, 0.6) is 0 Å². The Kier molecular flexibility index (Phi) is 9.84. The summed E-state index contributed by atoms with van der Waals surface area (Å²) < 4.78 is 92.5. The van der Waals surface area contributed by atoms with Crippen molar-refractivity contribution >= 4 is 28.7 Å². The van der Waals surface area contributed by atoms with Crippen molar-refractivity contribution < 1.29 is 40.3 Å². The van der Waals surface area contributed by atoms with Crippen LogP contribution in [0, 0.1) is 11.8 Å². The number of halogens is 6. The zero-order chi connectivity index (χ0) is 28.1. The molecule has 0 saturated carbocycles. The number of carbonyl (C=O) groups excluding carboxylic acids is 1. The molecule has 2 aromatic carbocycles. The van der Waals surface area contributed by atoms with E-state index in [-0.39, 0.29) is 16.9 Å². The Balaban J connectivity index is 1.81. The molecule has 3 rings (SSSR count). The zero-order valence-corrected chi connectivity index (χ0v) is 22.2. The molecule has 10 heteroatoms. The van der Waals surface area contributed by atoms with Gasteiger partial charge in [-0.2, -0.15) is 26.3 Å². The van der Waals surface area contributed by atoms with Crippen molar-refractivity contribution in [1.29, 1.82) is 0 Å². The van der Waals surface area contributed by atoms with Gasteiger partial charge in [-0.15, -0.1) is 11.8 Å². The lowest BCUT2D eigenvalue weighted by Crippen LogP contribution is -2.31. The summed E-state index contributed by atoms with van der Waals surface area (Å²) in [5, 5.41) is 0.530. The first-order valence-electron chi connectivity index (χ1n) is 12.4. The predicted molar refractivity (Wildman–Crippen MR) is 136 cm³/mol. The van der Waals surface area contributed by atoms with Crippen molar-refractivity contribution in [3.05, 3.63) is 53.6 Å². The Morgan fingerprint density at radius 3 is 2.37 bits per heavy atom. The van der Waals surface area contributed by atoms with Gasteiger partial charge in [0.2, 0.25) is 0 Å². The fourth-order valence-electron chi connectivity index (χ4n) is 3.79. The molecule has 1 atom stereocenters. The van der Waals surface area contributed by atoms with Crippen LogP contribution in [-0.2, 0) is 22.1 Å². The maximum Gasteiger partial charge on any atom is 0.417 e. The largest absolute Gasteiger partial charge is 0.465 e. The monoisotopic (exact) mass is 560 g/mol. The first-order valence-corrected chi connectivity index (χ1v) is 13.4. The van der Waals surface area contributed by atoms with Crippen LogP contribution in [0.3, 0.4) is 0 Å². The van der Waals surface area contributed by atoms with Gasteiger partial charge in [0.25, 0.3) is 0 Å². The molecular weight excluding hydrogens is 530 g/mol. The van der Waals surface area contributed by atoms with Crippen molar-refractivity contribution in [3.8, 4) is 11.3 Å². The molecule has 0 radical (unpaired) electrons. The van der Waals surface area contributed by atoms with Crippen LogP contribution in [0.15, 0.2) is 51.8 Å². The minimum atomic E-state index is -4.58. The Bertz CT molecular complexity index is 1230. The van der Waals surface area contributed by atoms with Crippen molar-refractivity contribution in [2.24, 2.45) is 11.8 Å². The van der Waals surface area contributed by atoms with Gasteiger partial charge in [0.1, 0.15) is 18.0 Å². The first-order chi connectivity index (χ1) is 17.8. The van der Waals surface area contributed by atoms with Gasteiger partial charge in [0, 0.05) is 21.6 Å². The van der Waals surface area contributed by atoms with E-state index in [0.717, 1.165) is 37.1 Å². The van der Waals surface area contributed by atoms with Gasteiger partial charge in [0.05, 0.1) is 17.4 Å². The van der Waals surface area contributed by atoms with E-state index in [4.69, 9.17) is 9.15 Å². The molecule has 0 amide bonds. The lowest BCUT2D eigenvalue weighted by molar-refractivity contribution is -0.186. The second-order valence-corrected chi connectivity index (χ2v) is 10.6. The maximum atomic E-state index is 13.9. The second kappa shape index (κ2) is 12.5. The molecule has 1 aromatic heterocycles. The number of fused-ring (bicyclic) bond motifs is 1. The standard InChI is InChI=1S/C28H30F6O3S/c1-4-5-6-7-18-8-11-22(23(12-18)28(32,33)34)25-13-19-9-10-21(14-24(19)37-25)38-16-20(27(29,30)31)15-36-26(35)17(2)3/h8-14,17,20H,4-7,15-16H2,1-3H3. The van der Waals surface area contributed by atoms with E-state index in [2.05, 4.69) is 0 Å². The summed E-state index contributed by atoms with van der Waals surface area (Å²) in [6, 6.07) is 10.4. The SMILES string of the molecule is CCCCCc1ccc(-c2cc3ccc(SCC(COC(=O)C(C)C)C(F)(F)F)cc3o2)c(C(F)(F)F)c1. The van der Waals surface area contributed by atoms with E-state index < -0.39 is 48.1 Å². The summed E-state index contributed by atoms with van der Waals surface area (Å²) in [5.74, 6) is -3.49. The van der Waals surface area contributed by atoms with Crippen LogP contribution < -0.4 is 0 Å². The Labute approximate surface area is 221 Å². The molecule has 1 unspecified atom stereocenters. The first kappa shape index (κ1) is 29.9. The third kappa shape index (κ3) is 7.94. The Morgan fingerprint density at radius 2 is 1.74 bits per heavy atom. The van der Waals surface area contributed by atoms with Crippen LogP contribution >= 0.6 is 11.8 Å². The number of unbranched alkanes of at least 4 members (excludes halogenated alkanes) is 2. The van der Waals surface area contributed by atoms with Crippen LogP contribution in [-0.4, -0.2) is 24.5 Å². The quantitative estimate of drug-likeness (QED) is 0.101. The molecule has 0 saturated heterocycles. The van der Waals surface area contributed by atoms with Gasteiger partial charge in [0.15, 0.2) is 0 Å². The second-order valence-electron chi connectivity index (χ2n) is 9.48. The molecule has 1 heterocycles. The molecular formula is C28H30F6O3S. The van der Waals surface area contributed by atoms with Crippen molar-refractivity contribution in [2.45, 2.75) is 63.7 Å². The summed E-state index contributed by atoms with van der Waals surface area (Å²) >= 11 is 0.903. The van der Waals surface area contributed by atoms with E-state index in [1.54, 1.807) is 18.2 Å². The normalized spacial score (nSPS) is 13.3. The summed E-state index contributed by atoms with van der Waals surface area (Å²) in [6.45, 7) is 4.31. The third-order valence-corrected chi connectivity index (χ3v) is 7.18. The van der Waals surface area contributed by atoms with Gasteiger partial charge < -0.3 is 9.15 Å². The van der Waals surface area contributed by atoms with Crippen LogP contribution in [0.1, 0.15) is 51.2 Å². The molecule has 0 N–H and O–H groups in total. The van der Waals surface area contributed by atoms with Crippen LogP contribution in [0.4, 0.5) is 26.3 Å². The number of aryl methyl sites for hydroxylation is 1. The minimum Gasteiger partial charge on any atom is -0.465 e. The van der Waals surface area contributed by atoms with E-state index in [1.165, 1.54) is 32.0 Å². The third-order valence-electron chi connectivity index (χ3n) is 6.03. The number of hydrogen-bond donors (Lipinski definition) is 0. The fraction of sp³-hybridized carbons (Fsp3) is 0.464. The molecule has 0 bridgehead atoms. The smallest absolute Gasteiger partial charge is 0.417 e. The van der Waals surface area contributed by atoms with E-state index >= 15 is 0 Å². The van der Waals surface area contributed by atoms with Gasteiger partial charge in [-0.1, -0.05) is 45.7 Å². The summed E-state index contributed by atoms with van der Waals surface area (Å²) in [5.41, 5.74) is -0.0158. The number of furan rings is 1. The average Bonchev–Trinajstić information content (AvgIpc) is 3.25. The number of hydrogen-bond acceptors (Lipinski definition) is 4. The number of rotatable bonds is 11. The highest BCUT2D eigenvalue weighted by molar-refractivity contribution is 7.99. The topological polar surface area (TPSA) is 39.4 Å². The minimum absolute atomic E-state index is 0.0309. The molecule has 0 aliphatic carbocycles. The van der Waals surface area contributed by atoms with Crippen LogP contribution in [0.25, 0.3) is 22.3 Å². The number of alkyl halides is 6. The molecule has 0 spiro atoms. The Morgan fingerprint density at radius 1 is 1.00 bits per heavy atom. The molecule has 3 aromatic rings. The van der Waals surface area contributed by atoms with Crippen molar-refractivity contribution in [2.75, 3.05) is 12.4 Å². The van der Waals surface area contributed by atoms with Crippen molar-refractivity contribution in [1.82, 2.24) is 0 Å². The summed E-state index contributed by atoms with van der Waals surface area (Å²) in [6.07, 6.45) is -5.91. The summed E-state index contributed by atoms with van der Waals surface area (Å²) in [4.78, 5) is 12.0.